The average molecular weight is 319 g/mol. The van der Waals surface area contributed by atoms with Crippen molar-refractivity contribution in [3.8, 4) is 11.6 Å². The summed E-state index contributed by atoms with van der Waals surface area (Å²) in [5, 5.41) is 0. The summed E-state index contributed by atoms with van der Waals surface area (Å²) >= 11 is 6.73. The first-order valence-corrected chi connectivity index (χ1v) is 5.35. The van der Waals surface area contributed by atoms with Gasteiger partial charge in [-0.1, -0.05) is 15.9 Å². The van der Waals surface area contributed by atoms with E-state index in [1.165, 1.54) is 12.7 Å². The van der Waals surface area contributed by atoms with Gasteiger partial charge in [0.1, 0.15) is 5.75 Å². The summed E-state index contributed by atoms with van der Waals surface area (Å²) in [6.07, 6.45) is 2.76. The van der Waals surface area contributed by atoms with Gasteiger partial charge in [-0.25, -0.2) is 0 Å². The molecule has 0 fully saturated rings. The molecule has 5 heteroatoms. The Kier molecular flexibility index (Phi) is 2.88. The van der Waals surface area contributed by atoms with Crippen LogP contribution in [0.1, 0.15) is 0 Å². The van der Waals surface area contributed by atoms with E-state index in [1.807, 2.05) is 18.2 Å². The lowest BCUT2D eigenvalue weighted by Gasteiger charge is -2.03. The molecule has 0 spiro atoms. The van der Waals surface area contributed by atoms with E-state index in [2.05, 4.69) is 36.8 Å². The van der Waals surface area contributed by atoms with Crippen LogP contribution in [0, 0.1) is 0 Å². The molecule has 0 aliphatic heterocycles. The van der Waals surface area contributed by atoms with Crippen LogP contribution >= 0.6 is 31.9 Å². The molecule has 0 saturated heterocycles. The predicted molar refractivity (Wildman–Crippen MR) is 58.4 cm³/mol. The molecule has 0 bridgehead atoms. The maximum Gasteiger partial charge on any atom is 0.258 e. The van der Waals surface area contributed by atoms with Gasteiger partial charge in [0.15, 0.2) is 12.7 Å². The van der Waals surface area contributed by atoms with Crippen LogP contribution in [0.3, 0.4) is 0 Å². The number of benzene rings is 1. The Morgan fingerprint density at radius 3 is 2.79 bits per heavy atom. The van der Waals surface area contributed by atoms with Crippen molar-refractivity contribution < 1.29 is 9.15 Å². The molecule has 0 saturated carbocycles. The predicted octanol–water partition coefficient (Wildman–Crippen LogP) is 3.99. The molecule has 3 nitrogen and oxygen atoms in total. The first-order chi connectivity index (χ1) is 6.75. The molecule has 0 aliphatic rings. The van der Waals surface area contributed by atoms with Gasteiger partial charge in [0.2, 0.25) is 0 Å². The number of nitrogens with zero attached hydrogens (tertiary/aromatic N) is 1. The van der Waals surface area contributed by atoms with E-state index in [0.29, 0.717) is 11.6 Å². The molecule has 0 amide bonds. The Balaban J connectivity index is 2.25. The Labute approximate surface area is 97.4 Å². The second kappa shape index (κ2) is 4.14. The standard InChI is InChI=1S/C9H5Br2NO2/c10-6-1-2-8(7(11)3-6)14-9-4-13-5-12-9/h1-5H. The number of ether oxygens (including phenoxy) is 1. The Morgan fingerprint density at radius 1 is 1.29 bits per heavy atom. The Hall–Kier alpha value is -0.810. The highest BCUT2D eigenvalue weighted by Gasteiger charge is 2.04. The van der Waals surface area contributed by atoms with Crippen LogP contribution in [0.25, 0.3) is 0 Å². The highest BCUT2D eigenvalue weighted by molar-refractivity contribution is 9.11. The van der Waals surface area contributed by atoms with E-state index in [-0.39, 0.29) is 0 Å². The van der Waals surface area contributed by atoms with Crippen molar-refractivity contribution in [2.24, 2.45) is 0 Å². The number of aromatic nitrogens is 1. The molecule has 2 aromatic rings. The van der Waals surface area contributed by atoms with Crippen LogP contribution in [0.5, 0.6) is 11.6 Å². The van der Waals surface area contributed by atoms with E-state index in [0.717, 1.165) is 8.95 Å². The highest BCUT2D eigenvalue weighted by atomic mass is 79.9. The van der Waals surface area contributed by atoms with E-state index >= 15 is 0 Å². The van der Waals surface area contributed by atoms with Gasteiger partial charge in [0, 0.05) is 4.47 Å². The summed E-state index contributed by atoms with van der Waals surface area (Å²) in [6, 6.07) is 5.62. The molecule has 1 heterocycles. The van der Waals surface area contributed by atoms with E-state index < -0.39 is 0 Å². The number of hydrogen-bond acceptors (Lipinski definition) is 3. The summed E-state index contributed by atoms with van der Waals surface area (Å²) in [6.45, 7) is 0. The van der Waals surface area contributed by atoms with Crippen LogP contribution in [0.2, 0.25) is 0 Å². The number of oxazole rings is 1. The second-order valence-corrected chi connectivity index (χ2v) is 4.27. The molecule has 0 unspecified atom stereocenters. The summed E-state index contributed by atoms with van der Waals surface area (Å²) in [4.78, 5) is 3.85. The molecule has 72 valence electrons. The SMILES string of the molecule is Brc1ccc(Oc2cocn2)c(Br)c1. The quantitative estimate of drug-likeness (QED) is 0.839. The molecule has 0 aliphatic carbocycles. The van der Waals surface area contributed by atoms with Crippen LogP contribution < -0.4 is 4.74 Å². The molecule has 1 aromatic heterocycles. The lowest BCUT2D eigenvalue weighted by Crippen LogP contribution is -1.84. The second-order valence-electron chi connectivity index (χ2n) is 2.50. The van der Waals surface area contributed by atoms with Crippen molar-refractivity contribution in [1.82, 2.24) is 4.98 Å². The van der Waals surface area contributed by atoms with Gasteiger partial charge in [0.25, 0.3) is 5.88 Å². The topological polar surface area (TPSA) is 35.3 Å². The summed E-state index contributed by atoms with van der Waals surface area (Å²) in [5.41, 5.74) is 0. The molecule has 0 N–H and O–H groups in total. The van der Waals surface area contributed by atoms with Gasteiger partial charge >= 0.3 is 0 Å². The van der Waals surface area contributed by atoms with Crippen LogP contribution in [-0.2, 0) is 0 Å². The van der Waals surface area contributed by atoms with Crippen molar-refractivity contribution in [2.75, 3.05) is 0 Å². The Bertz CT molecular complexity index is 428. The van der Waals surface area contributed by atoms with Gasteiger partial charge in [-0.15, -0.1) is 0 Å². The van der Waals surface area contributed by atoms with Gasteiger partial charge < -0.3 is 9.15 Å². The maximum atomic E-state index is 5.43. The lowest BCUT2D eigenvalue weighted by molar-refractivity contribution is 0.454. The zero-order chi connectivity index (χ0) is 9.97. The molecular formula is C9H5Br2NO2. The van der Waals surface area contributed by atoms with Crippen molar-refractivity contribution in [1.29, 1.82) is 0 Å². The maximum absolute atomic E-state index is 5.43. The fourth-order valence-electron chi connectivity index (χ4n) is 0.922. The van der Waals surface area contributed by atoms with Crippen molar-refractivity contribution in [3.63, 3.8) is 0 Å². The fraction of sp³-hybridized carbons (Fsp3) is 0. The summed E-state index contributed by atoms with van der Waals surface area (Å²) in [5.74, 6) is 1.13. The lowest BCUT2D eigenvalue weighted by atomic mass is 10.3. The zero-order valence-corrected chi connectivity index (χ0v) is 10.1. The largest absolute Gasteiger partial charge is 0.448 e. The van der Waals surface area contributed by atoms with Gasteiger partial charge in [-0.2, -0.15) is 4.98 Å². The number of rotatable bonds is 2. The average Bonchev–Trinajstić information content (AvgIpc) is 2.62. The van der Waals surface area contributed by atoms with Crippen LogP contribution in [0.4, 0.5) is 0 Å². The van der Waals surface area contributed by atoms with Crippen molar-refractivity contribution in [2.45, 2.75) is 0 Å². The van der Waals surface area contributed by atoms with Gasteiger partial charge in [0.05, 0.1) is 4.47 Å². The summed E-state index contributed by atoms with van der Waals surface area (Å²) < 4.78 is 12.1. The third kappa shape index (κ3) is 2.16. The van der Waals surface area contributed by atoms with Crippen LogP contribution in [-0.4, -0.2) is 4.98 Å². The molecule has 2 rings (SSSR count). The number of hydrogen-bond donors (Lipinski definition) is 0. The highest BCUT2D eigenvalue weighted by Crippen LogP contribution is 2.31. The third-order valence-electron chi connectivity index (χ3n) is 1.52. The molecular weight excluding hydrogens is 314 g/mol. The zero-order valence-electron chi connectivity index (χ0n) is 6.91. The minimum absolute atomic E-state index is 0.438. The fourth-order valence-corrected chi connectivity index (χ4v) is 2.05. The number of halogens is 2. The molecule has 0 atom stereocenters. The van der Waals surface area contributed by atoms with Crippen molar-refractivity contribution >= 4 is 31.9 Å². The minimum Gasteiger partial charge on any atom is -0.448 e. The van der Waals surface area contributed by atoms with E-state index in [1.54, 1.807) is 0 Å². The monoisotopic (exact) mass is 317 g/mol. The first kappa shape index (κ1) is 9.73. The normalized spacial score (nSPS) is 10.1. The summed E-state index contributed by atoms with van der Waals surface area (Å²) in [7, 11) is 0. The first-order valence-electron chi connectivity index (χ1n) is 3.77. The van der Waals surface area contributed by atoms with E-state index in [4.69, 9.17) is 9.15 Å². The van der Waals surface area contributed by atoms with Gasteiger partial charge in [-0.05, 0) is 34.1 Å². The van der Waals surface area contributed by atoms with Crippen LogP contribution in [0.15, 0.2) is 44.2 Å². The minimum atomic E-state index is 0.438. The molecule has 1 aromatic carbocycles. The molecule has 0 radical (unpaired) electrons. The van der Waals surface area contributed by atoms with Gasteiger partial charge in [-0.3, -0.25) is 0 Å². The smallest absolute Gasteiger partial charge is 0.258 e. The third-order valence-corrected chi connectivity index (χ3v) is 2.63. The Morgan fingerprint density at radius 2 is 2.14 bits per heavy atom. The van der Waals surface area contributed by atoms with E-state index in [9.17, 15) is 0 Å². The molecule has 14 heavy (non-hydrogen) atoms. The van der Waals surface area contributed by atoms with Crippen molar-refractivity contribution in [3.05, 3.63) is 39.8 Å².